The van der Waals surface area contributed by atoms with E-state index in [1.54, 1.807) is 24.3 Å². The van der Waals surface area contributed by atoms with Gasteiger partial charge in [-0.3, -0.25) is 5.32 Å². The number of likely N-dealkylation sites (tertiary alicyclic amines) is 1. The molecule has 0 radical (unpaired) electrons. The van der Waals surface area contributed by atoms with Gasteiger partial charge in [0.1, 0.15) is 6.04 Å². The second kappa shape index (κ2) is 7.94. The zero-order valence-corrected chi connectivity index (χ0v) is 12.5. The van der Waals surface area contributed by atoms with Crippen molar-refractivity contribution in [3.8, 4) is 0 Å². The summed E-state index contributed by atoms with van der Waals surface area (Å²) >= 11 is 0. The number of halogens is 3. The molecule has 1 aromatic rings. The van der Waals surface area contributed by atoms with Gasteiger partial charge in [0.05, 0.1) is 6.10 Å². The van der Waals surface area contributed by atoms with Crippen LogP contribution >= 0.6 is 0 Å². The minimum absolute atomic E-state index is 0.0615. The third-order valence-electron chi connectivity index (χ3n) is 4.00. The summed E-state index contributed by atoms with van der Waals surface area (Å²) in [5, 5.41) is 12.5. The van der Waals surface area contributed by atoms with Crippen LogP contribution in [0.5, 0.6) is 0 Å². The Labute approximate surface area is 129 Å². The van der Waals surface area contributed by atoms with E-state index in [0.717, 1.165) is 37.9 Å². The van der Waals surface area contributed by atoms with E-state index in [2.05, 4.69) is 5.32 Å². The molecule has 1 fully saturated rings. The SMILES string of the molecule is O[C@@H](CN1CCCCC1)[C@@H](NCc1ccccc1)C(F)(F)F. The quantitative estimate of drug-likeness (QED) is 0.847. The molecule has 0 bridgehead atoms. The minimum Gasteiger partial charge on any atom is -0.390 e. The fourth-order valence-corrected chi connectivity index (χ4v) is 2.81. The van der Waals surface area contributed by atoms with Gasteiger partial charge >= 0.3 is 6.18 Å². The number of hydrogen-bond acceptors (Lipinski definition) is 3. The second-order valence-corrected chi connectivity index (χ2v) is 5.81. The predicted octanol–water partition coefficient (Wildman–Crippen LogP) is 2.55. The summed E-state index contributed by atoms with van der Waals surface area (Å²) in [6.45, 7) is 1.68. The van der Waals surface area contributed by atoms with E-state index in [4.69, 9.17) is 0 Å². The van der Waals surface area contributed by atoms with Gasteiger partial charge in [0, 0.05) is 13.1 Å². The molecule has 3 nitrogen and oxygen atoms in total. The first-order valence-corrected chi connectivity index (χ1v) is 7.71. The normalized spacial score (nSPS) is 19.8. The molecule has 22 heavy (non-hydrogen) atoms. The van der Waals surface area contributed by atoms with Crippen LogP contribution < -0.4 is 5.32 Å². The Balaban J connectivity index is 1.93. The van der Waals surface area contributed by atoms with Crippen LogP contribution in [0.25, 0.3) is 0 Å². The smallest absolute Gasteiger partial charge is 0.390 e. The molecular weight excluding hydrogens is 293 g/mol. The van der Waals surface area contributed by atoms with Gasteiger partial charge in [-0.2, -0.15) is 13.2 Å². The van der Waals surface area contributed by atoms with Crippen LogP contribution in [0.3, 0.4) is 0 Å². The van der Waals surface area contributed by atoms with Crippen molar-refractivity contribution >= 4 is 0 Å². The van der Waals surface area contributed by atoms with Crippen LogP contribution in [0.4, 0.5) is 13.2 Å². The number of aliphatic hydroxyl groups is 1. The highest BCUT2D eigenvalue weighted by Gasteiger charge is 2.44. The van der Waals surface area contributed by atoms with Crippen LogP contribution in [-0.2, 0) is 6.54 Å². The van der Waals surface area contributed by atoms with Crippen molar-refractivity contribution in [2.24, 2.45) is 0 Å². The number of aliphatic hydroxyl groups excluding tert-OH is 1. The highest BCUT2D eigenvalue weighted by molar-refractivity contribution is 5.14. The summed E-state index contributed by atoms with van der Waals surface area (Å²) in [5.74, 6) is 0. The average molecular weight is 316 g/mol. The molecule has 1 aromatic carbocycles. The van der Waals surface area contributed by atoms with Crippen molar-refractivity contribution in [2.45, 2.75) is 44.1 Å². The Morgan fingerprint density at radius 3 is 2.32 bits per heavy atom. The monoisotopic (exact) mass is 316 g/mol. The molecule has 1 saturated heterocycles. The topological polar surface area (TPSA) is 35.5 Å². The highest BCUT2D eigenvalue weighted by atomic mass is 19.4. The van der Waals surface area contributed by atoms with Gasteiger partial charge in [-0.15, -0.1) is 0 Å². The molecule has 0 aliphatic carbocycles. The Morgan fingerprint density at radius 1 is 1.09 bits per heavy atom. The second-order valence-electron chi connectivity index (χ2n) is 5.81. The maximum Gasteiger partial charge on any atom is 0.406 e. The van der Waals surface area contributed by atoms with E-state index >= 15 is 0 Å². The van der Waals surface area contributed by atoms with E-state index in [-0.39, 0.29) is 13.1 Å². The first-order valence-electron chi connectivity index (χ1n) is 7.71. The molecule has 2 rings (SSSR count). The molecule has 0 amide bonds. The molecule has 0 spiro atoms. The summed E-state index contributed by atoms with van der Waals surface area (Å²) in [6.07, 6.45) is -2.84. The van der Waals surface area contributed by atoms with Gasteiger partial charge in [-0.1, -0.05) is 36.8 Å². The van der Waals surface area contributed by atoms with Crippen LogP contribution in [0, 0.1) is 0 Å². The number of alkyl halides is 3. The lowest BCUT2D eigenvalue weighted by atomic mass is 10.1. The molecule has 2 atom stereocenters. The summed E-state index contributed by atoms with van der Waals surface area (Å²) in [6, 6.07) is 6.99. The Bertz CT molecular complexity index is 433. The van der Waals surface area contributed by atoms with Gasteiger partial charge in [-0.25, -0.2) is 0 Å². The van der Waals surface area contributed by atoms with Crippen molar-refractivity contribution in [3.05, 3.63) is 35.9 Å². The fourth-order valence-electron chi connectivity index (χ4n) is 2.81. The van der Waals surface area contributed by atoms with E-state index in [0.29, 0.717) is 0 Å². The van der Waals surface area contributed by atoms with E-state index in [1.807, 2.05) is 11.0 Å². The first kappa shape index (κ1) is 17.2. The van der Waals surface area contributed by atoms with E-state index in [1.165, 1.54) is 0 Å². The third-order valence-corrected chi connectivity index (χ3v) is 4.00. The van der Waals surface area contributed by atoms with Crippen LogP contribution in [0.1, 0.15) is 24.8 Å². The predicted molar refractivity (Wildman–Crippen MR) is 79.4 cm³/mol. The Kier molecular flexibility index (Phi) is 6.23. The van der Waals surface area contributed by atoms with E-state index < -0.39 is 18.3 Å². The summed E-state index contributed by atoms with van der Waals surface area (Å²) < 4.78 is 39.6. The third kappa shape index (κ3) is 5.26. The summed E-state index contributed by atoms with van der Waals surface area (Å²) in [4.78, 5) is 1.91. The zero-order valence-electron chi connectivity index (χ0n) is 12.5. The maximum absolute atomic E-state index is 13.2. The molecule has 0 unspecified atom stereocenters. The number of hydrogen-bond donors (Lipinski definition) is 2. The van der Waals surface area contributed by atoms with Gasteiger partial charge in [-0.05, 0) is 31.5 Å². The van der Waals surface area contributed by atoms with Gasteiger partial charge in [0.25, 0.3) is 0 Å². The highest BCUT2D eigenvalue weighted by Crippen LogP contribution is 2.24. The maximum atomic E-state index is 13.2. The molecule has 124 valence electrons. The summed E-state index contributed by atoms with van der Waals surface area (Å²) in [7, 11) is 0. The molecule has 1 aliphatic heterocycles. The van der Waals surface area contributed by atoms with E-state index in [9.17, 15) is 18.3 Å². The Morgan fingerprint density at radius 2 is 1.73 bits per heavy atom. The average Bonchev–Trinajstić information content (AvgIpc) is 2.48. The van der Waals surface area contributed by atoms with Gasteiger partial charge in [0.2, 0.25) is 0 Å². The lowest BCUT2D eigenvalue weighted by Gasteiger charge is -2.33. The lowest BCUT2D eigenvalue weighted by Crippen LogP contribution is -2.54. The number of rotatable bonds is 6. The molecule has 0 aromatic heterocycles. The summed E-state index contributed by atoms with van der Waals surface area (Å²) in [5.41, 5.74) is 0.766. The van der Waals surface area contributed by atoms with Crippen molar-refractivity contribution < 1.29 is 18.3 Å². The first-order chi connectivity index (χ1) is 10.5. The number of nitrogens with one attached hydrogen (secondary N) is 1. The standard InChI is InChI=1S/C16H23F3N2O/c17-16(18,19)15(20-11-13-7-3-1-4-8-13)14(22)12-21-9-5-2-6-10-21/h1,3-4,7-8,14-15,20,22H,2,5-6,9-12H2/t14-,15+/m0/s1. The fraction of sp³-hybridized carbons (Fsp3) is 0.625. The molecule has 2 N–H and O–H groups in total. The molecule has 6 heteroatoms. The number of piperidine rings is 1. The van der Waals surface area contributed by atoms with Crippen molar-refractivity contribution in [3.63, 3.8) is 0 Å². The van der Waals surface area contributed by atoms with Gasteiger partial charge < -0.3 is 10.0 Å². The minimum atomic E-state index is -4.47. The molecular formula is C16H23F3N2O. The van der Waals surface area contributed by atoms with Crippen molar-refractivity contribution in [1.82, 2.24) is 10.2 Å². The van der Waals surface area contributed by atoms with Crippen molar-refractivity contribution in [1.29, 1.82) is 0 Å². The van der Waals surface area contributed by atoms with Crippen LogP contribution in [0.2, 0.25) is 0 Å². The Hall–Kier alpha value is -1.11. The molecule has 1 heterocycles. The largest absolute Gasteiger partial charge is 0.406 e. The lowest BCUT2D eigenvalue weighted by molar-refractivity contribution is -0.180. The van der Waals surface area contributed by atoms with Crippen LogP contribution in [-0.4, -0.2) is 48.0 Å². The van der Waals surface area contributed by atoms with Gasteiger partial charge in [0.15, 0.2) is 0 Å². The van der Waals surface area contributed by atoms with Crippen molar-refractivity contribution in [2.75, 3.05) is 19.6 Å². The number of benzene rings is 1. The number of β-amino-alcohol motifs (C(OH)–C–C–N with tert-alkyl or cyclic N) is 1. The number of nitrogens with zero attached hydrogens (tertiary/aromatic N) is 1. The molecule has 0 saturated carbocycles. The van der Waals surface area contributed by atoms with Crippen LogP contribution in [0.15, 0.2) is 30.3 Å². The molecule has 1 aliphatic rings. The zero-order chi connectivity index (χ0) is 16.0.